The molecule has 2 unspecified atom stereocenters. The SMILES string of the molecule is C[C@H]1CNC(CCCNC(=O)CC(CC(=O)O)NC(=O)CNC(=O)c2cccc(N=C(N)N)c2)CN[C@H]2CCCC[C@H]2NCCN[C@@H](C)CN1. The van der Waals surface area contributed by atoms with Gasteiger partial charge in [-0.3, -0.25) is 19.2 Å². The average molecular weight is 702 g/mol. The molecular formula is C34H59N11O5. The number of nitrogens with zero attached hydrogens (tertiary/aromatic N) is 1. The number of aliphatic carboxylic acids is 1. The Labute approximate surface area is 295 Å². The number of nitrogens with two attached hydrogens (primary N) is 2. The first kappa shape index (κ1) is 40.6. The fourth-order valence-electron chi connectivity index (χ4n) is 6.30. The molecule has 2 aliphatic rings. The highest BCUT2D eigenvalue weighted by atomic mass is 16.4. The molecule has 1 heterocycles. The molecule has 6 atom stereocenters. The Hall–Kier alpha value is -3.83. The summed E-state index contributed by atoms with van der Waals surface area (Å²) in [5.74, 6) is -2.84. The van der Waals surface area contributed by atoms with Gasteiger partial charge < -0.3 is 59.1 Å². The molecule has 1 aromatic carbocycles. The summed E-state index contributed by atoms with van der Waals surface area (Å²) in [7, 11) is 0. The topological polar surface area (TPSA) is 249 Å². The van der Waals surface area contributed by atoms with Gasteiger partial charge in [-0.05, 0) is 57.7 Å². The molecule has 16 nitrogen and oxygen atoms in total. The number of carbonyl (C=O) groups excluding carboxylic acids is 3. The van der Waals surface area contributed by atoms with Crippen LogP contribution in [-0.4, -0.2) is 117 Å². The van der Waals surface area contributed by atoms with Crippen molar-refractivity contribution in [2.45, 2.75) is 101 Å². The van der Waals surface area contributed by atoms with E-state index in [1.165, 1.54) is 31.4 Å². The van der Waals surface area contributed by atoms with E-state index in [0.717, 1.165) is 52.0 Å². The molecule has 0 aromatic heterocycles. The van der Waals surface area contributed by atoms with Gasteiger partial charge in [0.05, 0.1) is 18.7 Å². The van der Waals surface area contributed by atoms with Crippen LogP contribution in [0.5, 0.6) is 0 Å². The van der Waals surface area contributed by atoms with Crippen molar-refractivity contribution < 1.29 is 24.3 Å². The van der Waals surface area contributed by atoms with Crippen LogP contribution >= 0.6 is 0 Å². The van der Waals surface area contributed by atoms with Gasteiger partial charge >= 0.3 is 5.97 Å². The summed E-state index contributed by atoms with van der Waals surface area (Å²) in [4.78, 5) is 53.3. The third-order valence-electron chi connectivity index (χ3n) is 8.95. The van der Waals surface area contributed by atoms with Crippen LogP contribution in [0.15, 0.2) is 29.3 Å². The van der Waals surface area contributed by atoms with Crippen LogP contribution in [0.3, 0.4) is 0 Å². The quantitative estimate of drug-likeness (QED) is 0.0673. The highest BCUT2D eigenvalue weighted by Crippen LogP contribution is 2.19. The Morgan fingerprint density at radius 2 is 1.58 bits per heavy atom. The van der Waals surface area contributed by atoms with E-state index in [9.17, 15) is 24.3 Å². The first-order valence-corrected chi connectivity index (χ1v) is 17.9. The maximum absolute atomic E-state index is 12.8. The molecule has 0 spiro atoms. The number of nitrogens with one attached hydrogen (secondary N) is 8. The van der Waals surface area contributed by atoms with Gasteiger partial charge in [0.1, 0.15) is 0 Å². The van der Waals surface area contributed by atoms with Gasteiger partial charge in [0.2, 0.25) is 11.8 Å². The van der Waals surface area contributed by atoms with Gasteiger partial charge in [-0.1, -0.05) is 18.9 Å². The lowest BCUT2D eigenvalue weighted by molar-refractivity contribution is -0.137. The number of carbonyl (C=O) groups is 4. The molecule has 1 aliphatic heterocycles. The van der Waals surface area contributed by atoms with Crippen molar-refractivity contribution in [3.05, 3.63) is 29.8 Å². The highest BCUT2D eigenvalue weighted by Gasteiger charge is 2.25. The summed E-state index contributed by atoms with van der Waals surface area (Å²) >= 11 is 0. The van der Waals surface area contributed by atoms with Crippen molar-refractivity contribution in [3.8, 4) is 0 Å². The number of carboxylic acid groups (broad SMARTS) is 1. The van der Waals surface area contributed by atoms with Crippen molar-refractivity contribution in [1.29, 1.82) is 0 Å². The fourth-order valence-corrected chi connectivity index (χ4v) is 6.30. The van der Waals surface area contributed by atoms with E-state index in [4.69, 9.17) is 11.5 Å². The maximum atomic E-state index is 12.8. The van der Waals surface area contributed by atoms with Crippen LogP contribution in [0.4, 0.5) is 5.69 Å². The highest BCUT2D eigenvalue weighted by molar-refractivity contribution is 5.97. The number of hydrogen-bond donors (Lipinski definition) is 11. The van der Waals surface area contributed by atoms with Crippen LogP contribution < -0.4 is 54.0 Å². The number of guanidine groups is 1. The Bertz CT molecular complexity index is 1260. The Balaban J connectivity index is 1.46. The van der Waals surface area contributed by atoms with Crippen molar-refractivity contribution in [2.24, 2.45) is 16.5 Å². The Morgan fingerprint density at radius 1 is 0.880 bits per heavy atom. The molecule has 280 valence electrons. The Kier molecular flexibility index (Phi) is 17.9. The molecule has 50 heavy (non-hydrogen) atoms. The molecule has 2 fully saturated rings. The predicted molar refractivity (Wildman–Crippen MR) is 194 cm³/mol. The monoisotopic (exact) mass is 701 g/mol. The number of rotatable bonds is 13. The van der Waals surface area contributed by atoms with Crippen molar-refractivity contribution in [1.82, 2.24) is 42.5 Å². The third-order valence-corrected chi connectivity index (χ3v) is 8.95. The molecule has 13 N–H and O–H groups in total. The van der Waals surface area contributed by atoms with Crippen molar-refractivity contribution in [3.63, 3.8) is 0 Å². The molecule has 3 rings (SSSR count). The lowest BCUT2D eigenvalue weighted by atomic mass is 9.90. The summed E-state index contributed by atoms with van der Waals surface area (Å²) in [6.45, 7) is 8.79. The third kappa shape index (κ3) is 16.3. The smallest absolute Gasteiger partial charge is 0.305 e. The van der Waals surface area contributed by atoms with Crippen molar-refractivity contribution in [2.75, 3.05) is 45.8 Å². The molecule has 1 aromatic rings. The van der Waals surface area contributed by atoms with E-state index in [-0.39, 0.29) is 29.9 Å². The van der Waals surface area contributed by atoms with Crippen LogP contribution in [-0.2, 0) is 14.4 Å². The van der Waals surface area contributed by atoms with Crippen LogP contribution in [0, 0.1) is 0 Å². The fraction of sp³-hybridized carbons (Fsp3) is 0.676. The molecule has 1 aliphatic carbocycles. The number of amides is 3. The number of benzene rings is 1. The second-order valence-electron chi connectivity index (χ2n) is 13.5. The minimum Gasteiger partial charge on any atom is -0.481 e. The summed E-state index contributed by atoms with van der Waals surface area (Å²) < 4.78 is 0. The van der Waals surface area contributed by atoms with Crippen LogP contribution in [0.1, 0.15) is 75.6 Å². The molecule has 0 bridgehead atoms. The zero-order valence-electron chi connectivity index (χ0n) is 29.6. The maximum Gasteiger partial charge on any atom is 0.305 e. The zero-order valence-corrected chi connectivity index (χ0v) is 29.6. The normalized spacial score (nSPS) is 24.2. The van der Waals surface area contributed by atoms with Gasteiger partial charge in [-0.15, -0.1) is 0 Å². The number of carboxylic acids is 1. The molecule has 3 amide bonds. The Morgan fingerprint density at radius 3 is 2.32 bits per heavy atom. The first-order chi connectivity index (χ1) is 24.0. The molecule has 16 heteroatoms. The average Bonchev–Trinajstić information content (AvgIpc) is 3.07. The minimum absolute atomic E-state index is 0.160. The van der Waals surface area contributed by atoms with E-state index in [1.807, 2.05) is 0 Å². The van der Waals surface area contributed by atoms with Gasteiger partial charge in [0.25, 0.3) is 5.91 Å². The summed E-state index contributed by atoms with van der Waals surface area (Å²) in [5.41, 5.74) is 11.4. The molecule has 1 saturated carbocycles. The summed E-state index contributed by atoms with van der Waals surface area (Å²) in [5, 5.41) is 35.8. The van der Waals surface area contributed by atoms with E-state index in [1.54, 1.807) is 12.1 Å². The summed E-state index contributed by atoms with van der Waals surface area (Å²) in [6.07, 6.45) is 5.71. The van der Waals surface area contributed by atoms with Gasteiger partial charge in [-0.25, -0.2) is 4.99 Å². The van der Waals surface area contributed by atoms with E-state index >= 15 is 0 Å². The standard InChI is InChI=1S/C34H59N11O5/c1-22-18-40-23(2)19-41-26(20-42-29-11-4-3-10-28(29)38-14-13-37-22)9-6-12-39-30(46)16-27(17-32(48)49)44-31(47)21-43-33(50)24-7-5-8-25(15-24)45-34(35)36/h5,7-8,15,22-23,26-29,37-38,40-42H,3-4,6,9-14,16-21H2,1-2H3,(H,39,46)(H,43,50)(H,44,47)(H,48,49)(H4,35,36,45)/t22-,23-,26?,27?,28+,29-/m0/s1. The first-order valence-electron chi connectivity index (χ1n) is 17.9. The van der Waals surface area contributed by atoms with Crippen molar-refractivity contribution >= 4 is 35.3 Å². The van der Waals surface area contributed by atoms with E-state index in [0.29, 0.717) is 36.4 Å². The van der Waals surface area contributed by atoms with Gasteiger partial charge in [0.15, 0.2) is 5.96 Å². The lowest BCUT2D eigenvalue weighted by Gasteiger charge is -2.34. The summed E-state index contributed by atoms with van der Waals surface area (Å²) in [6, 6.07) is 7.01. The van der Waals surface area contributed by atoms with Gasteiger partial charge in [-0.2, -0.15) is 0 Å². The second-order valence-corrected chi connectivity index (χ2v) is 13.5. The second kappa shape index (κ2) is 22.1. The molecular weight excluding hydrogens is 642 g/mol. The molecule has 1 saturated heterocycles. The number of fused-ring (bicyclic) bond motifs is 1. The van der Waals surface area contributed by atoms with Crippen LogP contribution in [0.2, 0.25) is 0 Å². The van der Waals surface area contributed by atoms with E-state index < -0.39 is 36.8 Å². The zero-order chi connectivity index (χ0) is 36.3. The molecule has 0 radical (unpaired) electrons. The number of hydrogen-bond acceptors (Lipinski definition) is 10. The number of aliphatic imine (C=N–C) groups is 1. The van der Waals surface area contributed by atoms with Gasteiger partial charge in [0, 0.05) is 87.5 Å². The minimum atomic E-state index is -1.16. The predicted octanol–water partition coefficient (Wildman–Crippen LogP) is -1.01. The van der Waals surface area contributed by atoms with Crippen LogP contribution in [0.25, 0.3) is 0 Å². The lowest BCUT2D eigenvalue weighted by Crippen LogP contribution is -2.54. The largest absolute Gasteiger partial charge is 0.481 e. The van der Waals surface area contributed by atoms with E-state index in [2.05, 4.69) is 61.4 Å².